The molecule has 1 aromatic rings. The molecule has 0 radical (unpaired) electrons. The van der Waals surface area contributed by atoms with Gasteiger partial charge in [0.05, 0.1) is 13.2 Å². The summed E-state index contributed by atoms with van der Waals surface area (Å²) in [4.78, 5) is 16.2. The van der Waals surface area contributed by atoms with Gasteiger partial charge in [-0.2, -0.15) is 0 Å². The SMILES string of the molecule is CON(C)C(=O)CCCC(O)c1ccccc1. The second-order valence-corrected chi connectivity index (χ2v) is 3.89. The van der Waals surface area contributed by atoms with Crippen LogP contribution < -0.4 is 0 Å². The standard InChI is InChI=1S/C13H19NO3/c1-14(17-2)13(16)10-6-9-12(15)11-7-4-3-5-8-11/h3-5,7-8,12,15H,6,9-10H2,1-2H3. The molecule has 17 heavy (non-hydrogen) atoms. The molecule has 0 aromatic heterocycles. The third-order valence-electron chi connectivity index (χ3n) is 2.68. The third-order valence-corrected chi connectivity index (χ3v) is 2.68. The van der Waals surface area contributed by atoms with Crippen LogP contribution in [0.2, 0.25) is 0 Å². The molecule has 1 unspecified atom stereocenters. The van der Waals surface area contributed by atoms with Gasteiger partial charge in [0, 0.05) is 13.5 Å². The number of hydrogen-bond donors (Lipinski definition) is 1. The number of rotatable bonds is 6. The fourth-order valence-corrected chi connectivity index (χ4v) is 1.55. The lowest BCUT2D eigenvalue weighted by Gasteiger charge is -2.14. The van der Waals surface area contributed by atoms with Gasteiger partial charge in [0.2, 0.25) is 5.91 Å². The van der Waals surface area contributed by atoms with Gasteiger partial charge in [0.25, 0.3) is 0 Å². The average Bonchev–Trinajstić information content (AvgIpc) is 2.38. The van der Waals surface area contributed by atoms with Crippen molar-refractivity contribution in [2.75, 3.05) is 14.2 Å². The second-order valence-electron chi connectivity index (χ2n) is 3.89. The van der Waals surface area contributed by atoms with E-state index in [1.165, 1.54) is 12.2 Å². The summed E-state index contributed by atoms with van der Waals surface area (Å²) < 4.78 is 0. The molecule has 1 atom stereocenters. The molecule has 0 heterocycles. The minimum absolute atomic E-state index is 0.0761. The minimum atomic E-state index is -0.503. The summed E-state index contributed by atoms with van der Waals surface area (Å²) in [7, 11) is 3.03. The predicted octanol–water partition coefficient (Wildman–Crippen LogP) is 1.91. The molecule has 4 nitrogen and oxygen atoms in total. The molecular formula is C13H19NO3. The number of benzene rings is 1. The number of amides is 1. The minimum Gasteiger partial charge on any atom is -0.388 e. The van der Waals surface area contributed by atoms with Crippen molar-refractivity contribution in [3.05, 3.63) is 35.9 Å². The number of hydrogen-bond acceptors (Lipinski definition) is 3. The van der Waals surface area contributed by atoms with Gasteiger partial charge in [-0.15, -0.1) is 0 Å². The topological polar surface area (TPSA) is 49.8 Å². The second kappa shape index (κ2) is 7.04. The number of aliphatic hydroxyl groups excluding tert-OH is 1. The fourth-order valence-electron chi connectivity index (χ4n) is 1.55. The molecule has 0 spiro atoms. The van der Waals surface area contributed by atoms with Crippen LogP contribution in [0.1, 0.15) is 30.9 Å². The summed E-state index contributed by atoms with van der Waals surface area (Å²) in [5.41, 5.74) is 0.889. The zero-order valence-electron chi connectivity index (χ0n) is 10.3. The average molecular weight is 237 g/mol. The van der Waals surface area contributed by atoms with Gasteiger partial charge in [-0.25, -0.2) is 5.06 Å². The van der Waals surface area contributed by atoms with E-state index >= 15 is 0 Å². The van der Waals surface area contributed by atoms with Crippen LogP contribution >= 0.6 is 0 Å². The first-order valence-electron chi connectivity index (χ1n) is 5.69. The summed E-state index contributed by atoms with van der Waals surface area (Å²) in [5, 5.41) is 11.1. The van der Waals surface area contributed by atoms with Crippen LogP contribution in [-0.2, 0) is 9.63 Å². The van der Waals surface area contributed by atoms with Crippen molar-refractivity contribution in [1.29, 1.82) is 0 Å². The van der Waals surface area contributed by atoms with Gasteiger partial charge in [-0.1, -0.05) is 30.3 Å². The highest BCUT2D eigenvalue weighted by molar-refractivity contribution is 5.74. The Bertz CT molecular complexity index is 340. The molecule has 4 heteroatoms. The summed E-state index contributed by atoms with van der Waals surface area (Å²) in [6.45, 7) is 0. The van der Waals surface area contributed by atoms with Crippen LogP contribution in [0, 0.1) is 0 Å². The van der Waals surface area contributed by atoms with Gasteiger partial charge in [-0.3, -0.25) is 9.63 Å². The largest absolute Gasteiger partial charge is 0.388 e. The molecule has 94 valence electrons. The van der Waals surface area contributed by atoms with E-state index in [2.05, 4.69) is 0 Å². The lowest BCUT2D eigenvalue weighted by molar-refractivity contribution is -0.168. The van der Waals surface area contributed by atoms with Crippen LogP contribution in [0.5, 0.6) is 0 Å². The van der Waals surface area contributed by atoms with Crippen molar-refractivity contribution in [2.45, 2.75) is 25.4 Å². The first-order valence-corrected chi connectivity index (χ1v) is 5.69. The Morgan fingerprint density at radius 1 is 1.41 bits per heavy atom. The normalized spacial score (nSPS) is 12.2. The van der Waals surface area contributed by atoms with Gasteiger partial charge in [0.15, 0.2) is 0 Å². The zero-order chi connectivity index (χ0) is 12.7. The Morgan fingerprint density at radius 3 is 2.65 bits per heavy atom. The maximum absolute atomic E-state index is 11.4. The molecule has 0 saturated heterocycles. The molecule has 0 aliphatic heterocycles. The Hall–Kier alpha value is -1.39. The van der Waals surface area contributed by atoms with E-state index in [0.29, 0.717) is 19.3 Å². The Kier molecular flexibility index (Phi) is 5.66. The number of carbonyl (C=O) groups is 1. The molecule has 0 bridgehead atoms. The molecule has 1 aromatic carbocycles. The van der Waals surface area contributed by atoms with Crippen LogP contribution in [0.25, 0.3) is 0 Å². The molecular weight excluding hydrogens is 218 g/mol. The van der Waals surface area contributed by atoms with Crippen molar-refractivity contribution in [3.8, 4) is 0 Å². The van der Waals surface area contributed by atoms with Crippen LogP contribution in [-0.4, -0.2) is 30.2 Å². The molecule has 0 fully saturated rings. The monoisotopic (exact) mass is 237 g/mol. The van der Waals surface area contributed by atoms with Gasteiger partial charge < -0.3 is 5.11 Å². The molecule has 1 rings (SSSR count). The molecule has 1 N–H and O–H groups in total. The van der Waals surface area contributed by atoms with Crippen LogP contribution in [0.3, 0.4) is 0 Å². The highest BCUT2D eigenvalue weighted by Gasteiger charge is 2.10. The summed E-state index contributed by atoms with van der Waals surface area (Å²) in [6, 6.07) is 9.46. The Balaban J connectivity index is 2.30. The number of aliphatic hydroxyl groups is 1. The van der Waals surface area contributed by atoms with E-state index in [4.69, 9.17) is 4.84 Å². The van der Waals surface area contributed by atoms with Crippen molar-refractivity contribution in [2.24, 2.45) is 0 Å². The van der Waals surface area contributed by atoms with Crippen LogP contribution in [0.15, 0.2) is 30.3 Å². The van der Waals surface area contributed by atoms with Gasteiger partial charge in [0.1, 0.15) is 0 Å². The molecule has 0 saturated carbocycles. The molecule has 1 amide bonds. The van der Waals surface area contributed by atoms with Crippen molar-refractivity contribution in [3.63, 3.8) is 0 Å². The van der Waals surface area contributed by atoms with Crippen molar-refractivity contribution < 1.29 is 14.7 Å². The van der Waals surface area contributed by atoms with Crippen LogP contribution in [0.4, 0.5) is 0 Å². The predicted molar refractivity (Wildman–Crippen MR) is 65.0 cm³/mol. The van der Waals surface area contributed by atoms with Gasteiger partial charge in [-0.05, 0) is 18.4 Å². The number of carbonyl (C=O) groups excluding carboxylic acids is 1. The highest BCUT2D eigenvalue weighted by Crippen LogP contribution is 2.18. The molecule has 0 aliphatic carbocycles. The number of nitrogens with zero attached hydrogens (tertiary/aromatic N) is 1. The van der Waals surface area contributed by atoms with Gasteiger partial charge >= 0.3 is 0 Å². The summed E-state index contributed by atoms with van der Waals surface area (Å²) in [5.74, 6) is -0.0761. The van der Waals surface area contributed by atoms with Crippen molar-refractivity contribution >= 4 is 5.91 Å². The zero-order valence-corrected chi connectivity index (χ0v) is 10.3. The smallest absolute Gasteiger partial charge is 0.245 e. The van der Waals surface area contributed by atoms with Crippen molar-refractivity contribution in [1.82, 2.24) is 5.06 Å². The summed E-state index contributed by atoms with van der Waals surface area (Å²) in [6.07, 6.45) is 1.10. The van der Waals surface area contributed by atoms with E-state index in [1.807, 2.05) is 30.3 Å². The Labute approximate surface area is 102 Å². The van der Waals surface area contributed by atoms with E-state index < -0.39 is 6.10 Å². The maximum atomic E-state index is 11.4. The lowest BCUT2D eigenvalue weighted by atomic mass is 10.0. The third kappa shape index (κ3) is 4.54. The maximum Gasteiger partial charge on any atom is 0.245 e. The first-order chi connectivity index (χ1) is 8.15. The fraction of sp³-hybridized carbons (Fsp3) is 0.462. The summed E-state index contributed by atoms with van der Waals surface area (Å²) >= 11 is 0. The first kappa shape index (κ1) is 13.7. The lowest BCUT2D eigenvalue weighted by Crippen LogP contribution is -2.25. The molecule has 0 aliphatic rings. The van der Waals surface area contributed by atoms with E-state index in [9.17, 15) is 9.90 Å². The quantitative estimate of drug-likeness (QED) is 0.769. The Morgan fingerprint density at radius 2 is 2.06 bits per heavy atom. The highest BCUT2D eigenvalue weighted by atomic mass is 16.7. The van der Waals surface area contributed by atoms with E-state index in [1.54, 1.807) is 7.05 Å². The van der Waals surface area contributed by atoms with E-state index in [0.717, 1.165) is 5.56 Å². The number of hydroxylamine groups is 2. The van der Waals surface area contributed by atoms with E-state index in [-0.39, 0.29) is 5.91 Å².